The SMILES string of the molecule is COCCOc1cc2ncnc(ONc3ccccc3)c2cc1OC. The summed E-state index contributed by atoms with van der Waals surface area (Å²) >= 11 is 0. The van der Waals surface area contributed by atoms with E-state index in [4.69, 9.17) is 19.0 Å². The van der Waals surface area contributed by atoms with Gasteiger partial charge in [0.2, 0.25) is 0 Å². The zero-order valence-corrected chi connectivity index (χ0v) is 14.1. The summed E-state index contributed by atoms with van der Waals surface area (Å²) in [6.45, 7) is 0.905. The van der Waals surface area contributed by atoms with Crippen LogP contribution in [0.2, 0.25) is 0 Å². The Hall–Kier alpha value is -3.06. The number of rotatable bonds is 8. The molecular weight excluding hydrogens is 322 g/mol. The maximum Gasteiger partial charge on any atom is 0.256 e. The van der Waals surface area contributed by atoms with Gasteiger partial charge in [0.1, 0.15) is 12.9 Å². The Morgan fingerprint density at radius 1 is 0.960 bits per heavy atom. The number of nitrogens with one attached hydrogen (secondary N) is 1. The van der Waals surface area contributed by atoms with Gasteiger partial charge >= 0.3 is 0 Å². The average Bonchev–Trinajstić information content (AvgIpc) is 2.66. The fourth-order valence-corrected chi connectivity index (χ4v) is 2.24. The first kappa shape index (κ1) is 16.8. The van der Waals surface area contributed by atoms with Gasteiger partial charge in [0.15, 0.2) is 11.5 Å². The van der Waals surface area contributed by atoms with Crippen molar-refractivity contribution in [2.75, 3.05) is 32.9 Å². The Balaban J connectivity index is 1.86. The quantitative estimate of drug-likeness (QED) is 0.498. The molecule has 0 aliphatic rings. The van der Waals surface area contributed by atoms with Crippen molar-refractivity contribution in [1.82, 2.24) is 9.97 Å². The lowest BCUT2D eigenvalue weighted by Crippen LogP contribution is -2.07. The average molecular weight is 341 g/mol. The molecule has 7 nitrogen and oxygen atoms in total. The molecule has 0 atom stereocenters. The van der Waals surface area contributed by atoms with Gasteiger partial charge in [0.25, 0.3) is 5.88 Å². The van der Waals surface area contributed by atoms with Crippen LogP contribution in [0.15, 0.2) is 48.8 Å². The Morgan fingerprint density at radius 3 is 2.56 bits per heavy atom. The van der Waals surface area contributed by atoms with Crippen LogP contribution in [0.25, 0.3) is 10.9 Å². The summed E-state index contributed by atoms with van der Waals surface area (Å²) in [7, 11) is 3.20. The molecule has 1 N–H and O–H groups in total. The van der Waals surface area contributed by atoms with Crippen molar-refractivity contribution in [3.63, 3.8) is 0 Å². The fourth-order valence-electron chi connectivity index (χ4n) is 2.24. The fraction of sp³-hybridized carbons (Fsp3) is 0.222. The summed E-state index contributed by atoms with van der Waals surface area (Å²) in [5, 5.41) is 0.710. The normalized spacial score (nSPS) is 10.5. The van der Waals surface area contributed by atoms with Crippen LogP contribution in [0.3, 0.4) is 0 Å². The summed E-state index contributed by atoms with van der Waals surface area (Å²) in [5.74, 6) is 1.56. The van der Waals surface area contributed by atoms with Gasteiger partial charge in [-0.1, -0.05) is 18.2 Å². The molecule has 7 heteroatoms. The van der Waals surface area contributed by atoms with Crippen LogP contribution >= 0.6 is 0 Å². The van der Waals surface area contributed by atoms with E-state index in [1.54, 1.807) is 26.4 Å². The topological polar surface area (TPSA) is 74.7 Å². The van der Waals surface area contributed by atoms with Gasteiger partial charge in [-0.05, 0) is 18.2 Å². The molecule has 0 spiro atoms. The Kier molecular flexibility index (Phi) is 5.48. The number of aromatic nitrogens is 2. The van der Waals surface area contributed by atoms with Crippen molar-refractivity contribution < 1.29 is 19.0 Å². The number of hydrogen-bond donors (Lipinski definition) is 1. The highest BCUT2D eigenvalue weighted by Gasteiger charge is 2.13. The maximum atomic E-state index is 5.68. The Morgan fingerprint density at radius 2 is 1.80 bits per heavy atom. The third kappa shape index (κ3) is 4.07. The molecule has 2 aromatic carbocycles. The van der Waals surface area contributed by atoms with Gasteiger partial charge in [-0.25, -0.2) is 10.5 Å². The van der Waals surface area contributed by atoms with E-state index in [9.17, 15) is 0 Å². The van der Waals surface area contributed by atoms with Crippen LogP contribution in [0.5, 0.6) is 17.4 Å². The lowest BCUT2D eigenvalue weighted by Gasteiger charge is -2.13. The lowest BCUT2D eigenvalue weighted by molar-refractivity contribution is 0.144. The number of hydrogen-bond acceptors (Lipinski definition) is 7. The predicted octanol–water partition coefficient (Wildman–Crippen LogP) is 3.07. The minimum Gasteiger partial charge on any atom is -0.493 e. The molecule has 0 amide bonds. The van der Waals surface area contributed by atoms with Gasteiger partial charge in [0.05, 0.1) is 30.3 Å². The monoisotopic (exact) mass is 341 g/mol. The molecule has 0 fully saturated rings. The van der Waals surface area contributed by atoms with Gasteiger partial charge in [0, 0.05) is 13.2 Å². The number of methoxy groups -OCH3 is 2. The molecule has 0 unspecified atom stereocenters. The van der Waals surface area contributed by atoms with E-state index in [0.29, 0.717) is 41.5 Å². The Labute approximate surface area is 145 Å². The standard InChI is InChI=1S/C18H19N3O4/c1-22-8-9-24-17-11-15-14(10-16(17)23-2)18(20-12-19-15)25-21-13-6-4-3-5-7-13/h3-7,10-12,21H,8-9H2,1-2H3. The van der Waals surface area contributed by atoms with Crippen molar-refractivity contribution in [2.24, 2.45) is 0 Å². The molecule has 0 saturated carbocycles. The molecule has 1 aromatic heterocycles. The molecule has 0 aliphatic carbocycles. The van der Waals surface area contributed by atoms with Crippen molar-refractivity contribution in [3.05, 3.63) is 48.8 Å². The highest BCUT2D eigenvalue weighted by molar-refractivity contribution is 5.86. The molecule has 25 heavy (non-hydrogen) atoms. The summed E-state index contributed by atoms with van der Waals surface area (Å²) in [6.07, 6.45) is 1.44. The number of para-hydroxylation sites is 1. The van der Waals surface area contributed by atoms with Crippen LogP contribution in [-0.2, 0) is 4.74 Å². The van der Waals surface area contributed by atoms with Gasteiger partial charge in [-0.3, -0.25) is 0 Å². The summed E-state index contributed by atoms with van der Waals surface area (Å²) in [6, 6.07) is 13.1. The number of fused-ring (bicyclic) bond motifs is 1. The molecule has 130 valence electrons. The predicted molar refractivity (Wildman–Crippen MR) is 94.2 cm³/mol. The summed E-state index contributed by atoms with van der Waals surface area (Å²) < 4.78 is 16.1. The highest BCUT2D eigenvalue weighted by Crippen LogP contribution is 2.34. The van der Waals surface area contributed by atoms with E-state index in [-0.39, 0.29) is 0 Å². The number of benzene rings is 2. The molecule has 0 bridgehead atoms. The molecule has 0 radical (unpaired) electrons. The first-order chi connectivity index (χ1) is 12.3. The van der Waals surface area contributed by atoms with Gasteiger partial charge in [-0.2, -0.15) is 4.98 Å². The third-order valence-corrected chi connectivity index (χ3v) is 3.47. The largest absolute Gasteiger partial charge is 0.493 e. The minimum absolute atomic E-state index is 0.399. The van der Waals surface area contributed by atoms with E-state index in [1.807, 2.05) is 30.3 Å². The molecule has 0 aliphatic heterocycles. The molecule has 3 rings (SSSR count). The van der Waals surface area contributed by atoms with Gasteiger partial charge < -0.3 is 19.0 Å². The van der Waals surface area contributed by atoms with E-state index in [2.05, 4.69) is 15.4 Å². The second-order valence-electron chi connectivity index (χ2n) is 5.11. The smallest absolute Gasteiger partial charge is 0.256 e. The van der Waals surface area contributed by atoms with Crippen LogP contribution in [0.1, 0.15) is 0 Å². The summed E-state index contributed by atoms with van der Waals surface area (Å²) in [4.78, 5) is 14.1. The molecule has 1 heterocycles. The first-order valence-electron chi connectivity index (χ1n) is 7.74. The van der Waals surface area contributed by atoms with Crippen molar-refractivity contribution in [2.45, 2.75) is 0 Å². The third-order valence-electron chi connectivity index (χ3n) is 3.47. The molecule has 0 saturated heterocycles. The van der Waals surface area contributed by atoms with E-state index in [1.165, 1.54) is 6.33 Å². The van der Waals surface area contributed by atoms with E-state index < -0.39 is 0 Å². The van der Waals surface area contributed by atoms with E-state index in [0.717, 1.165) is 5.69 Å². The first-order valence-corrected chi connectivity index (χ1v) is 7.74. The van der Waals surface area contributed by atoms with Crippen LogP contribution in [0, 0.1) is 0 Å². The van der Waals surface area contributed by atoms with Crippen LogP contribution in [-0.4, -0.2) is 37.4 Å². The van der Waals surface area contributed by atoms with Gasteiger partial charge in [-0.15, -0.1) is 0 Å². The lowest BCUT2D eigenvalue weighted by atomic mass is 10.2. The zero-order chi connectivity index (χ0) is 17.5. The van der Waals surface area contributed by atoms with Crippen molar-refractivity contribution >= 4 is 16.6 Å². The molecule has 3 aromatic rings. The second kappa shape index (κ2) is 8.16. The minimum atomic E-state index is 0.399. The van der Waals surface area contributed by atoms with Crippen LogP contribution in [0.4, 0.5) is 5.69 Å². The second-order valence-corrected chi connectivity index (χ2v) is 5.11. The zero-order valence-electron chi connectivity index (χ0n) is 14.1. The Bertz CT molecular complexity index is 827. The van der Waals surface area contributed by atoms with Crippen molar-refractivity contribution in [1.29, 1.82) is 0 Å². The van der Waals surface area contributed by atoms with E-state index >= 15 is 0 Å². The highest BCUT2D eigenvalue weighted by atomic mass is 16.7. The summed E-state index contributed by atoms with van der Waals surface area (Å²) in [5.41, 5.74) is 4.38. The van der Waals surface area contributed by atoms with Crippen molar-refractivity contribution in [3.8, 4) is 17.4 Å². The van der Waals surface area contributed by atoms with Crippen LogP contribution < -0.4 is 19.8 Å². The number of nitrogens with zero attached hydrogens (tertiary/aromatic N) is 2. The number of anilines is 1. The number of ether oxygens (including phenoxy) is 3. The molecular formula is C18H19N3O4. The maximum absolute atomic E-state index is 5.68.